The Hall–Kier alpha value is -3.42. The average Bonchev–Trinajstić information content (AvgIpc) is 3.18. The molecule has 8 heteroatoms. The number of carbonyl (C=O) groups excluding carboxylic acids is 1. The van der Waals surface area contributed by atoms with Crippen molar-refractivity contribution in [3.05, 3.63) is 72.6 Å². The summed E-state index contributed by atoms with van der Waals surface area (Å²) in [5.74, 6) is 0.536. The molecule has 0 bridgehead atoms. The van der Waals surface area contributed by atoms with Gasteiger partial charge in [0.15, 0.2) is 0 Å². The number of aromatic nitrogens is 3. The average molecular weight is 395 g/mol. The lowest BCUT2D eigenvalue weighted by Crippen LogP contribution is -2.43. The number of halogens is 1. The molecule has 0 atom stereocenters. The molecule has 29 heavy (non-hydrogen) atoms. The maximum Gasteiger partial charge on any atom is 0.321 e. The zero-order valence-corrected chi connectivity index (χ0v) is 15.9. The van der Waals surface area contributed by atoms with E-state index in [-0.39, 0.29) is 18.0 Å². The molecule has 7 nitrogen and oxygen atoms in total. The number of nitrogens with one attached hydrogen (secondary N) is 1. The van der Waals surface area contributed by atoms with E-state index in [0.29, 0.717) is 25.3 Å². The molecule has 0 saturated carbocycles. The largest absolute Gasteiger partial charge is 0.490 e. The summed E-state index contributed by atoms with van der Waals surface area (Å²) in [7, 11) is 0. The van der Waals surface area contributed by atoms with Crippen LogP contribution in [0.4, 0.5) is 14.9 Å². The van der Waals surface area contributed by atoms with Crippen LogP contribution in [0.25, 0.3) is 0 Å². The van der Waals surface area contributed by atoms with Gasteiger partial charge in [0.2, 0.25) is 0 Å². The summed E-state index contributed by atoms with van der Waals surface area (Å²) >= 11 is 0. The standard InChI is InChI=1S/C21H22FN5O2/c22-17-3-1-16(2-4-17)14-27-15-18(13-24-27)25-21(28)26-11-7-20(8-12-26)29-19-5-9-23-10-6-19/h1-6,9-10,13,15,20H,7-8,11-12,14H2,(H,25,28). The van der Waals surface area contributed by atoms with Gasteiger partial charge in [0.05, 0.1) is 18.4 Å². The Morgan fingerprint density at radius 3 is 2.59 bits per heavy atom. The zero-order chi connectivity index (χ0) is 20.1. The van der Waals surface area contributed by atoms with Crippen molar-refractivity contribution in [3.8, 4) is 5.75 Å². The number of likely N-dealkylation sites (tertiary alicyclic amines) is 1. The Bertz CT molecular complexity index is 937. The van der Waals surface area contributed by atoms with Crippen molar-refractivity contribution in [3.63, 3.8) is 0 Å². The molecule has 0 unspecified atom stereocenters. The van der Waals surface area contributed by atoms with Crippen molar-refractivity contribution in [2.45, 2.75) is 25.5 Å². The van der Waals surface area contributed by atoms with Crippen LogP contribution in [0.2, 0.25) is 0 Å². The van der Waals surface area contributed by atoms with E-state index in [4.69, 9.17) is 4.74 Å². The molecule has 4 rings (SSSR count). The predicted molar refractivity (Wildman–Crippen MR) is 106 cm³/mol. The quantitative estimate of drug-likeness (QED) is 0.717. The third-order valence-corrected chi connectivity index (χ3v) is 4.82. The molecule has 1 aliphatic heterocycles. The van der Waals surface area contributed by atoms with E-state index in [2.05, 4.69) is 15.4 Å². The molecule has 2 aromatic heterocycles. The lowest BCUT2D eigenvalue weighted by molar-refractivity contribution is 0.115. The lowest BCUT2D eigenvalue weighted by atomic mass is 10.1. The molecule has 150 valence electrons. The summed E-state index contributed by atoms with van der Waals surface area (Å²) in [5.41, 5.74) is 1.57. The number of amides is 2. The minimum absolute atomic E-state index is 0.0971. The van der Waals surface area contributed by atoms with Gasteiger partial charge in [-0.2, -0.15) is 5.10 Å². The summed E-state index contributed by atoms with van der Waals surface area (Å²) in [6, 6.07) is 9.80. The lowest BCUT2D eigenvalue weighted by Gasteiger charge is -2.32. The van der Waals surface area contributed by atoms with Crippen LogP contribution in [-0.2, 0) is 6.54 Å². The van der Waals surface area contributed by atoms with Gasteiger partial charge < -0.3 is 15.0 Å². The van der Waals surface area contributed by atoms with Crippen molar-refractivity contribution >= 4 is 11.7 Å². The van der Waals surface area contributed by atoms with Crippen LogP contribution < -0.4 is 10.1 Å². The van der Waals surface area contributed by atoms with E-state index in [0.717, 1.165) is 24.2 Å². The summed E-state index contributed by atoms with van der Waals surface area (Å²) in [6.45, 7) is 1.77. The summed E-state index contributed by atoms with van der Waals surface area (Å²) in [5, 5.41) is 7.14. The van der Waals surface area contributed by atoms with Crippen molar-refractivity contribution < 1.29 is 13.9 Å². The van der Waals surface area contributed by atoms with E-state index in [1.807, 2.05) is 12.1 Å². The molecule has 1 fully saturated rings. The van der Waals surface area contributed by atoms with Crippen LogP contribution in [0.15, 0.2) is 61.2 Å². The van der Waals surface area contributed by atoms with Crippen molar-refractivity contribution in [1.29, 1.82) is 0 Å². The molecule has 1 saturated heterocycles. The van der Waals surface area contributed by atoms with Crippen molar-refractivity contribution in [1.82, 2.24) is 19.7 Å². The van der Waals surface area contributed by atoms with Gasteiger partial charge in [-0.1, -0.05) is 12.1 Å². The number of anilines is 1. The highest BCUT2D eigenvalue weighted by atomic mass is 19.1. The SMILES string of the molecule is O=C(Nc1cnn(Cc2ccc(F)cc2)c1)N1CCC(Oc2ccncc2)CC1. The second kappa shape index (κ2) is 8.72. The summed E-state index contributed by atoms with van der Waals surface area (Å²) in [6.07, 6.45) is 8.43. The van der Waals surface area contributed by atoms with Gasteiger partial charge in [-0.25, -0.2) is 9.18 Å². The molecule has 0 spiro atoms. The van der Waals surface area contributed by atoms with Gasteiger partial charge in [0.1, 0.15) is 17.7 Å². The normalized spacial score (nSPS) is 14.6. The number of piperidine rings is 1. The molecule has 0 radical (unpaired) electrons. The van der Waals surface area contributed by atoms with Gasteiger partial charge in [0.25, 0.3) is 0 Å². The molecular weight excluding hydrogens is 373 g/mol. The van der Waals surface area contributed by atoms with E-state index in [9.17, 15) is 9.18 Å². The van der Waals surface area contributed by atoms with Crippen LogP contribution in [0.1, 0.15) is 18.4 Å². The van der Waals surface area contributed by atoms with Gasteiger partial charge in [-0.15, -0.1) is 0 Å². The number of nitrogens with zero attached hydrogens (tertiary/aromatic N) is 4. The van der Waals surface area contributed by atoms with Crippen molar-refractivity contribution in [2.24, 2.45) is 0 Å². The zero-order valence-electron chi connectivity index (χ0n) is 15.9. The second-order valence-electron chi connectivity index (χ2n) is 6.97. The Labute approximate surface area is 168 Å². The monoisotopic (exact) mass is 395 g/mol. The van der Waals surface area contributed by atoms with Crippen LogP contribution in [0.3, 0.4) is 0 Å². The second-order valence-corrected chi connectivity index (χ2v) is 6.97. The minimum Gasteiger partial charge on any atom is -0.490 e. The number of hydrogen-bond acceptors (Lipinski definition) is 4. The van der Waals surface area contributed by atoms with E-state index in [1.165, 1.54) is 12.1 Å². The fourth-order valence-corrected chi connectivity index (χ4v) is 3.28. The van der Waals surface area contributed by atoms with Gasteiger partial charge >= 0.3 is 6.03 Å². The number of rotatable bonds is 5. The van der Waals surface area contributed by atoms with Crippen LogP contribution in [-0.4, -0.2) is 44.9 Å². The number of urea groups is 1. The molecule has 2 amide bonds. The molecular formula is C21H22FN5O2. The minimum atomic E-state index is -0.267. The highest BCUT2D eigenvalue weighted by molar-refractivity contribution is 5.89. The van der Waals surface area contributed by atoms with Gasteiger partial charge in [-0.05, 0) is 29.8 Å². The fourth-order valence-electron chi connectivity index (χ4n) is 3.28. The van der Waals surface area contributed by atoms with Gasteiger partial charge in [0, 0.05) is 44.5 Å². The third-order valence-electron chi connectivity index (χ3n) is 4.82. The van der Waals surface area contributed by atoms with Crippen LogP contribution in [0.5, 0.6) is 5.75 Å². The fraction of sp³-hybridized carbons (Fsp3) is 0.286. The Kier molecular flexibility index (Phi) is 5.69. The number of carbonyl (C=O) groups is 1. The van der Waals surface area contributed by atoms with E-state index < -0.39 is 0 Å². The molecule has 1 aromatic carbocycles. The van der Waals surface area contributed by atoms with E-state index in [1.54, 1.807) is 46.5 Å². The molecule has 3 aromatic rings. The first-order chi connectivity index (χ1) is 14.2. The van der Waals surface area contributed by atoms with Crippen molar-refractivity contribution in [2.75, 3.05) is 18.4 Å². The summed E-state index contributed by atoms with van der Waals surface area (Å²) < 4.78 is 20.6. The third kappa shape index (κ3) is 5.10. The first kappa shape index (κ1) is 18.9. The number of hydrogen-bond donors (Lipinski definition) is 1. The van der Waals surface area contributed by atoms with Gasteiger partial charge in [-0.3, -0.25) is 9.67 Å². The molecule has 1 N–H and O–H groups in total. The van der Waals surface area contributed by atoms with Crippen LogP contribution in [0, 0.1) is 5.82 Å². The Morgan fingerprint density at radius 2 is 1.86 bits per heavy atom. The predicted octanol–water partition coefficient (Wildman–Crippen LogP) is 3.54. The number of pyridine rings is 1. The molecule has 1 aliphatic rings. The van der Waals surface area contributed by atoms with Crippen LogP contribution >= 0.6 is 0 Å². The number of benzene rings is 1. The Morgan fingerprint density at radius 1 is 1.14 bits per heavy atom. The topological polar surface area (TPSA) is 72.3 Å². The highest BCUT2D eigenvalue weighted by Crippen LogP contribution is 2.19. The maximum atomic E-state index is 13.0. The Balaban J connectivity index is 1.26. The first-order valence-electron chi connectivity index (χ1n) is 9.55. The summed E-state index contributed by atoms with van der Waals surface area (Å²) in [4.78, 5) is 18.3. The molecule has 0 aliphatic carbocycles. The smallest absolute Gasteiger partial charge is 0.321 e. The van der Waals surface area contributed by atoms with E-state index >= 15 is 0 Å². The number of ether oxygens (including phenoxy) is 1. The first-order valence-corrected chi connectivity index (χ1v) is 9.55. The highest BCUT2D eigenvalue weighted by Gasteiger charge is 2.24. The molecule has 3 heterocycles. The maximum absolute atomic E-state index is 13.0.